The van der Waals surface area contributed by atoms with Gasteiger partial charge in [0.15, 0.2) is 11.5 Å². The van der Waals surface area contributed by atoms with Gasteiger partial charge in [-0.05, 0) is 29.8 Å². The van der Waals surface area contributed by atoms with Crippen molar-refractivity contribution < 1.29 is 55.2 Å². The summed E-state index contributed by atoms with van der Waals surface area (Å²) in [6, 6.07) is 11.5. The van der Waals surface area contributed by atoms with Crippen molar-refractivity contribution in [1.29, 1.82) is 0 Å². The van der Waals surface area contributed by atoms with Gasteiger partial charge in [0.1, 0.15) is 11.7 Å². The summed E-state index contributed by atoms with van der Waals surface area (Å²) in [7, 11) is 0. The monoisotopic (exact) mass is 416 g/mol. The van der Waals surface area contributed by atoms with Gasteiger partial charge in [-0.1, -0.05) is 12.1 Å². The predicted molar refractivity (Wildman–Crippen MR) is 71.1 cm³/mol. The summed E-state index contributed by atoms with van der Waals surface area (Å²) in [6.45, 7) is 0.968. The van der Waals surface area contributed by atoms with Crippen LogP contribution in [0.1, 0.15) is 22.7 Å². The minimum absolute atomic E-state index is 0. The third-order valence-corrected chi connectivity index (χ3v) is 3.78. The van der Waals surface area contributed by atoms with Crippen LogP contribution in [0, 0.1) is 0 Å². The number of benzene rings is 2. The van der Waals surface area contributed by atoms with Gasteiger partial charge < -0.3 is 55.2 Å². The van der Waals surface area contributed by atoms with Crippen LogP contribution in [0.25, 0.3) is 0 Å². The quantitative estimate of drug-likeness (QED) is 0.348. The van der Waals surface area contributed by atoms with E-state index in [9.17, 15) is 10.2 Å². The smallest absolute Gasteiger partial charge is 0.157 e. The van der Waals surface area contributed by atoms with Crippen LogP contribution in [0.3, 0.4) is 0 Å². The molecule has 1 atom stereocenters. The van der Waals surface area contributed by atoms with Crippen LogP contribution in [-0.4, -0.2) is 16.8 Å². The molecule has 0 amide bonds. The molecule has 7 N–H and O–H groups in total. The number of aromatic hydroxyl groups is 2. The molecule has 4 nitrogen and oxygen atoms in total. The Balaban J connectivity index is 0.00000110. The second-order valence-corrected chi connectivity index (χ2v) is 4.99. The Morgan fingerprint density at radius 1 is 1.00 bits per heavy atom. The Bertz CT molecular complexity index is 635. The fourth-order valence-corrected chi connectivity index (χ4v) is 2.81. The van der Waals surface area contributed by atoms with Gasteiger partial charge in [-0.2, -0.15) is 0 Å². The highest BCUT2D eigenvalue weighted by molar-refractivity contribution is 5.51. The molecule has 1 unspecified atom stereocenters. The SMILES string of the molecule is [Br-].[Br-].[NH3+]c1ccccc1C1[NH2+]CCc2cc(O)c(O)cc21. The molecule has 0 spiro atoms. The molecule has 114 valence electrons. The van der Waals surface area contributed by atoms with Crippen LogP contribution in [0.15, 0.2) is 36.4 Å². The highest BCUT2D eigenvalue weighted by Gasteiger charge is 2.28. The van der Waals surface area contributed by atoms with Gasteiger partial charge in [-0.3, -0.25) is 0 Å². The van der Waals surface area contributed by atoms with Crippen LogP contribution in [0.5, 0.6) is 11.5 Å². The molecule has 0 saturated heterocycles. The standard InChI is InChI=1S/C15H16N2O2.2BrH/c16-12-4-2-1-3-10(12)15-11-8-14(19)13(18)7-9(11)5-6-17-15;;/h1-4,7-8,15,17-19H,5-6,16H2;2*1H. The summed E-state index contributed by atoms with van der Waals surface area (Å²) in [5.41, 5.74) is 8.41. The third kappa shape index (κ3) is 3.40. The number of hydrogen-bond donors (Lipinski definition) is 4. The maximum atomic E-state index is 9.73. The zero-order valence-electron chi connectivity index (χ0n) is 11.4. The Morgan fingerprint density at radius 2 is 1.67 bits per heavy atom. The van der Waals surface area contributed by atoms with E-state index in [1.165, 1.54) is 0 Å². The number of hydrogen-bond acceptors (Lipinski definition) is 2. The maximum absolute atomic E-state index is 9.73. The van der Waals surface area contributed by atoms with Crippen LogP contribution in [0.2, 0.25) is 0 Å². The molecule has 2 aromatic rings. The van der Waals surface area contributed by atoms with Gasteiger partial charge in [-0.25, -0.2) is 0 Å². The average molecular weight is 418 g/mol. The molecule has 0 saturated carbocycles. The molecule has 0 aromatic heterocycles. The minimum Gasteiger partial charge on any atom is -1.00 e. The Hall–Kier alpha value is -1.08. The van der Waals surface area contributed by atoms with Crippen molar-refractivity contribution in [2.45, 2.75) is 12.5 Å². The number of fused-ring (bicyclic) bond motifs is 1. The third-order valence-electron chi connectivity index (χ3n) is 3.78. The van der Waals surface area contributed by atoms with Gasteiger partial charge in [0.05, 0.1) is 12.1 Å². The number of halogens is 2. The first-order valence-electron chi connectivity index (χ1n) is 6.46. The van der Waals surface area contributed by atoms with E-state index in [1.54, 1.807) is 12.1 Å². The summed E-state index contributed by atoms with van der Waals surface area (Å²) in [5.74, 6) is -0.0945. The van der Waals surface area contributed by atoms with Gasteiger partial charge >= 0.3 is 0 Å². The van der Waals surface area contributed by atoms with E-state index in [1.807, 2.05) is 18.2 Å². The minimum atomic E-state index is -0.0550. The molecule has 2 aromatic carbocycles. The van der Waals surface area contributed by atoms with Crippen LogP contribution in [-0.2, 0) is 6.42 Å². The lowest BCUT2D eigenvalue weighted by Crippen LogP contribution is -3.00. The van der Waals surface area contributed by atoms with E-state index in [0.717, 1.165) is 35.3 Å². The van der Waals surface area contributed by atoms with Crippen LogP contribution >= 0.6 is 0 Å². The van der Waals surface area contributed by atoms with Crippen molar-refractivity contribution in [3.63, 3.8) is 0 Å². The van der Waals surface area contributed by atoms with E-state index in [2.05, 4.69) is 17.1 Å². The van der Waals surface area contributed by atoms with E-state index in [0.29, 0.717) is 0 Å². The van der Waals surface area contributed by atoms with Crippen molar-refractivity contribution in [3.8, 4) is 11.5 Å². The largest absolute Gasteiger partial charge is 1.00 e. The molecule has 1 aliphatic heterocycles. The molecular weight excluding hydrogens is 400 g/mol. The van der Waals surface area contributed by atoms with E-state index >= 15 is 0 Å². The average Bonchev–Trinajstić information content (AvgIpc) is 2.40. The van der Waals surface area contributed by atoms with Crippen molar-refractivity contribution in [1.82, 2.24) is 0 Å². The predicted octanol–water partition coefficient (Wildman–Crippen LogP) is -5.81. The number of phenols is 2. The lowest BCUT2D eigenvalue weighted by atomic mass is 9.89. The lowest BCUT2D eigenvalue weighted by Gasteiger charge is -2.24. The first-order chi connectivity index (χ1) is 9.16. The first kappa shape index (κ1) is 18.0. The Morgan fingerprint density at radius 3 is 2.38 bits per heavy atom. The van der Waals surface area contributed by atoms with Crippen molar-refractivity contribution >= 4 is 5.69 Å². The molecule has 0 bridgehead atoms. The van der Waals surface area contributed by atoms with Crippen molar-refractivity contribution in [2.75, 3.05) is 6.54 Å². The summed E-state index contributed by atoms with van der Waals surface area (Å²) < 4.78 is 0. The maximum Gasteiger partial charge on any atom is 0.157 e. The highest BCUT2D eigenvalue weighted by Crippen LogP contribution is 2.34. The van der Waals surface area contributed by atoms with Crippen molar-refractivity contribution in [2.24, 2.45) is 0 Å². The summed E-state index contributed by atoms with van der Waals surface area (Å²) >= 11 is 0. The van der Waals surface area contributed by atoms with E-state index < -0.39 is 0 Å². The molecule has 0 aliphatic carbocycles. The van der Waals surface area contributed by atoms with Crippen molar-refractivity contribution in [3.05, 3.63) is 53.1 Å². The van der Waals surface area contributed by atoms with Crippen LogP contribution in [0.4, 0.5) is 5.69 Å². The summed E-state index contributed by atoms with van der Waals surface area (Å²) in [4.78, 5) is 0. The normalized spacial score (nSPS) is 16.3. The lowest BCUT2D eigenvalue weighted by molar-refractivity contribution is -0.690. The Labute approximate surface area is 144 Å². The fourth-order valence-electron chi connectivity index (χ4n) is 2.81. The summed E-state index contributed by atoms with van der Waals surface area (Å²) in [6.07, 6.45) is 0.902. The second kappa shape index (κ2) is 7.26. The number of nitrogens with two attached hydrogens (primary N) is 1. The molecule has 1 aliphatic rings. The fraction of sp³-hybridized carbons (Fsp3) is 0.200. The molecule has 6 heteroatoms. The molecule has 21 heavy (non-hydrogen) atoms. The van der Waals surface area contributed by atoms with Crippen LogP contribution < -0.4 is 45.0 Å². The highest BCUT2D eigenvalue weighted by atomic mass is 79.9. The number of phenolic OH excluding ortho intramolecular Hbond substituents is 2. The van der Waals surface area contributed by atoms with E-state index in [-0.39, 0.29) is 51.5 Å². The number of quaternary nitrogens is 2. The van der Waals surface area contributed by atoms with E-state index in [4.69, 9.17) is 0 Å². The molecule has 0 fully saturated rings. The Kier molecular flexibility index (Phi) is 6.22. The topological polar surface area (TPSA) is 84.7 Å². The second-order valence-electron chi connectivity index (χ2n) is 4.99. The van der Waals surface area contributed by atoms with Gasteiger partial charge in [-0.15, -0.1) is 0 Å². The van der Waals surface area contributed by atoms with Gasteiger partial charge in [0.2, 0.25) is 0 Å². The molecule has 1 heterocycles. The van der Waals surface area contributed by atoms with Gasteiger partial charge in [0, 0.05) is 12.0 Å². The zero-order valence-corrected chi connectivity index (χ0v) is 14.6. The molecule has 0 radical (unpaired) electrons. The molecule has 3 rings (SSSR count). The molecular formula is C15H18Br2N2O2. The number of rotatable bonds is 1. The van der Waals surface area contributed by atoms with Gasteiger partial charge in [0.25, 0.3) is 0 Å². The zero-order chi connectivity index (χ0) is 13.4. The summed E-state index contributed by atoms with van der Waals surface area (Å²) in [5, 5.41) is 21.6. The first-order valence-corrected chi connectivity index (χ1v) is 6.46.